The first-order chi connectivity index (χ1) is 24.3. The zero-order valence-corrected chi connectivity index (χ0v) is 28.5. The van der Waals surface area contributed by atoms with Crippen LogP contribution in [0.3, 0.4) is 0 Å². The lowest BCUT2D eigenvalue weighted by molar-refractivity contribution is -0.000511. The van der Waals surface area contributed by atoms with Gasteiger partial charge in [-0.15, -0.1) is 11.3 Å². The van der Waals surface area contributed by atoms with Crippen LogP contribution in [0.4, 0.5) is 17.2 Å². The van der Waals surface area contributed by atoms with Gasteiger partial charge in [-0.05, 0) is 92.6 Å². The largest absolute Gasteiger partial charge is 0.479 e. The first-order valence-electron chi connectivity index (χ1n) is 16.5. The Morgan fingerprint density at radius 3 is 2.68 bits per heavy atom. The highest BCUT2D eigenvalue weighted by Crippen LogP contribution is 2.43. The number of nitrogens with zero attached hydrogens (tertiary/aromatic N) is 5. The van der Waals surface area contributed by atoms with E-state index in [1.807, 2.05) is 25.1 Å². The minimum Gasteiger partial charge on any atom is -0.479 e. The van der Waals surface area contributed by atoms with Gasteiger partial charge in [0.2, 0.25) is 0 Å². The molecule has 12 nitrogen and oxygen atoms in total. The molecular weight excluding hydrogens is 655 g/mol. The van der Waals surface area contributed by atoms with E-state index in [1.54, 1.807) is 47.6 Å². The van der Waals surface area contributed by atoms with E-state index in [4.69, 9.17) is 9.47 Å². The van der Waals surface area contributed by atoms with Gasteiger partial charge in [0.05, 0.1) is 27.2 Å². The van der Waals surface area contributed by atoms with Gasteiger partial charge in [0.15, 0.2) is 6.73 Å². The molecule has 0 atom stereocenters. The Morgan fingerprint density at radius 2 is 1.90 bits per heavy atom. The molecule has 0 radical (unpaired) electrons. The van der Waals surface area contributed by atoms with Crippen LogP contribution in [0.1, 0.15) is 54.4 Å². The highest BCUT2D eigenvalue weighted by Gasteiger charge is 2.45. The third-order valence-corrected chi connectivity index (χ3v) is 10.5. The Labute approximate surface area is 293 Å². The second-order valence-electron chi connectivity index (χ2n) is 12.7. The average Bonchev–Trinajstić information content (AvgIpc) is 3.49. The number of pyridine rings is 2. The molecule has 0 aliphatic carbocycles. The number of hydrogen-bond donors (Lipinski definition) is 2. The van der Waals surface area contributed by atoms with E-state index >= 15 is 0 Å². The summed E-state index contributed by atoms with van der Waals surface area (Å²) in [6.45, 7) is 8.94. The standard InChI is InChI=1S/C37H37N7O5S/c1-24-18-28(33(40-20-24)43-21-37(22-43)10-15-48-16-11-37)34(45)42-27-7-5-25(6-8-27)36(47)44-14-9-26-19-30(35(46)41-23-49-17-13-38-2)50-32(26)31-29(44)4-3-12-39-31/h3-8,12-13,17-20H,2,9-11,14-16,21-23H2,1H3,(H,41,46)(H,42,45)/b17-13-. The van der Waals surface area contributed by atoms with Crippen molar-refractivity contribution in [1.29, 1.82) is 0 Å². The van der Waals surface area contributed by atoms with Crippen LogP contribution in [-0.4, -0.2) is 74.0 Å². The van der Waals surface area contributed by atoms with Gasteiger partial charge in [0, 0.05) is 61.9 Å². The van der Waals surface area contributed by atoms with Crippen molar-refractivity contribution in [2.75, 3.05) is 54.7 Å². The number of carbonyl (C=O) groups is 3. The van der Waals surface area contributed by atoms with Gasteiger partial charge in [-0.2, -0.15) is 0 Å². The van der Waals surface area contributed by atoms with Crippen LogP contribution in [0, 0.1) is 12.3 Å². The van der Waals surface area contributed by atoms with Crippen molar-refractivity contribution in [3.05, 3.63) is 101 Å². The molecule has 0 bridgehead atoms. The van der Waals surface area contributed by atoms with Gasteiger partial charge >= 0.3 is 0 Å². The van der Waals surface area contributed by atoms with Gasteiger partial charge in [0.25, 0.3) is 17.7 Å². The van der Waals surface area contributed by atoms with E-state index < -0.39 is 0 Å². The summed E-state index contributed by atoms with van der Waals surface area (Å²) in [7, 11) is 0. The highest BCUT2D eigenvalue weighted by molar-refractivity contribution is 7.17. The topological polar surface area (TPSA) is 138 Å². The number of benzene rings is 1. The first kappa shape index (κ1) is 33.1. The molecule has 3 amide bonds. The highest BCUT2D eigenvalue weighted by atomic mass is 32.1. The van der Waals surface area contributed by atoms with Crippen LogP contribution in [0.5, 0.6) is 0 Å². The minimum absolute atomic E-state index is 0.00709. The summed E-state index contributed by atoms with van der Waals surface area (Å²) in [6, 6.07) is 14.3. The van der Waals surface area contributed by atoms with Crippen molar-refractivity contribution in [2.24, 2.45) is 10.4 Å². The predicted molar refractivity (Wildman–Crippen MR) is 193 cm³/mol. The third-order valence-electron chi connectivity index (χ3n) is 9.30. The second-order valence-corrected chi connectivity index (χ2v) is 13.8. The van der Waals surface area contributed by atoms with E-state index in [1.165, 1.54) is 23.8 Å². The summed E-state index contributed by atoms with van der Waals surface area (Å²) in [6.07, 6.45) is 8.81. The minimum atomic E-state index is -0.264. The number of amides is 3. The predicted octanol–water partition coefficient (Wildman–Crippen LogP) is 5.46. The molecule has 2 saturated heterocycles. The van der Waals surface area contributed by atoms with Crippen LogP contribution in [0.15, 0.2) is 78.4 Å². The van der Waals surface area contributed by atoms with Crippen LogP contribution in [-0.2, 0) is 15.9 Å². The lowest BCUT2D eigenvalue weighted by atomic mass is 9.73. The maximum Gasteiger partial charge on any atom is 0.263 e. The zero-order chi connectivity index (χ0) is 34.7. The molecule has 3 aliphatic heterocycles. The summed E-state index contributed by atoms with van der Waals surface area (Å²) in [5.41, 5.74) is 4.98. The Kier molecular flexibility index (Phi) is 9.42. The number of hydrogen-bond acceptors (Lipinski definition) is 10. The summed E-state index contributed by atoms with van der Waals surface area (Å²) < 4.78 is 10.7. The molecule has 256 valence electrons. The van der Waals surface area contributed by atoms with E-state index in [0.717, 1.165) is 55.1 Å². The number of fused-ring (bicyclic) bond motifs is 3. The number of thiophene rings is 1. The van der Waals surface area contributed by atoms with E-state index in [-0.39, 0.29) is 29.9 Å². The van der Waals surface area contributed by atoms with Gasteiger partial charge < -0.3 is 29.9 Å². The summed E-state index contributed by atoms with van der Waals surface area (Å²) in [5, 5.41) is 5.73. The number of ether oxygens (including phenoxy) is 2. The number of aliphatic imine (C=N–C) groups is 1. The summed E-state index contributed by atoms with van der Waals surface area (Å²) in [5.74, 6) is -0.00616. The van der Waals surface area contributed by atoms with Crippen molar-refractivity contribution in [3.63, 3.8) is 0 Å². The molecular formula is C37H37N7O5S. The molecule has 1 spiro atoms. The van der Waals surface area contributed by atoms with Gasteiger partial charge in [-0.25, -0.2) is 4.98 Å². The van der Waals surface area contributed by atoms with Crippen molar-refractivity contribution >= 4 is 53.0 Å². The monoisotopic (exact) mass is 691 g/mol. The Morgan fingerprint density at radius 1 is 1.10 bits per heavy atom. The van der Waals surface area contributed by atoms with Crippen molar-refractivity contribution in [3.8, 4) is 10.6 Å². The van der Waals surface area contributed by atoms with Gasteiger partial charge in [-0.3, -0.25) is 24.4 Å². The number of nitrogens with one attached hydrogen (secondary N) is 2. The van der Waals surface area contributed by atoms with Crippen LogP contribution < -0.4 is 20.4 Å². The molecule has 0 saturated carbocycles. The molecule has 4 aromatic rings. The molecule has 3 aliphatic rings. The molecule has 2 fully saturated rings. The Bertz CT molecular complexity index is 1960. The van der Waals surface area contributed by atoms with Crippen LogP contribution in [0.25, 0.3) is 10.6 Å². The van der Waals surface area contributed by atoms with Crippen molar-refractivity contribution in [2.45, 2.75) is 26.2 Å². The van der Waals surface area contributed by atoms with Gasteiger partial charge in [0.1, 0.15) is 17.8 Å². The zero-order valence-electron chi connectivity index (χ0n) is 27.7. The fourth-order valence-corrected chi connectivity index (χ4v) is 7.81. The molecule has 0 unspecified atom stereocenters. The van der Waals surface area contributed by atoms with Gasteiger partial charge in [-0.1, -0.05) is 0 Å². The lowest BCUT2D eigenvalue weighted by Crippen LogP contribution is -2.59. The molecule has 2 N–H and O–H groups in total. The van der Waals surface area contributed by atoms with E-state index in [0.29, 0.717) is 51.9 Å². The Balaban J connectivity index is 1.04. The molecule has 6 heterocycles. The fourth-order valence-electron chi connectivity index (χ4n) is 6.67. The first-order valence-corrected chi connectivity index (χ1v) is 17.3. The van der Waals surface area contributed by atoms with Crippen LogP contribution in [0.2, 0.25) is 0 Å². The lowest BCUT2D eigenvalue weighted by Gasteiger charge is -2.53. The Hall–Kier alpha value is -5.40. The SMILES string of the molecule is C=N/C=C\OCNC(=O)c1cc2c(s1)-c1ncccc1N(C(=O)c1ccc(NC(=O)c3cc(C)cnc3N3CC4(CCOCC4)C3)cc1)CC2. The van der Waals surface area contributed by atoms with Crippen molar-refractivity contribution in [1.82, 2.24) is 15.3 Å². The molecule has 7 rings (SSSR count). The summed E-state index contributed by atoms with van der Waals surface area (Å²) in [4.78, 5) is 58.4. The number of aromatic nitrogens is 2. The van der Waals surface area contributed by atoms with E-state index in [2.05, 4.69) is 37.2 Å². The van der Waals surface area contributed by atoms with E-state index in [9.17, 15) is 14.4 Å². The normalized spacial score (nSPS) is 16.2. The number of aryl methyl sites for hydroxylation is 1. The fraction of sp³-hybridized carbons (Fsp3) is 0.297. The average molecular weight is 692 g/mol. The molecule has 13 heteroatoms. The smallest absolute Gasteiger partial charge is 0.263 e. The second kappa shape index (κ2) is 14.2. The maximum atomic E-state index is 13.9. The molecule has 3 aromatic heterocycles. The summed E-state index contributed by atoms with van der Waals surface area (Å²) >= 11 is 1.33. The maximum absolute atomic E-state index is 13.9. The molecule has 1 aromatic carbocycles. The third kappa shape index (κ3) is 6.74. The van der Waals surface area contributed by atoms with Crippen molar-refractivity contribution < 1.29 is 23.9 Å². The quantitative estimate of drug-likeness (QED) is 0.102. The number of carbonyl (C=O) groups excluding carboxylic acids is 3. The van der Waals surface area contributed by atoms with Crippen LogP contribution >= 0.6 is 11.3 Å². The number of rotatable bonds is 9. The molecule has 50 heavy (non-hydrogen) atoms. The number of anilines is 3.